The minimum atomic E-state index is -0.751. The van der Waals surface area contributed by atoms with Gasteiger partial charge >= 0.3 is 0 Å². The van der Waals surface area contributed by atoms with Gasteiger partial charge in [-0.25, -0.2) is 0 Å². The molecule has 1 aromatic carbocycles. The number of anilines is 1. The summed E-state index contributed by atoms with van der Waals surface area (Å²) in [4.78, 5) is 42.1. The van der Waals surface area contributed by atoms with E-state index < -0.39 is 18.0 Å². The molecule has 3 unspecified atom stereocenters. The van der Waals surface area contributed by atoms with Crippen LogP contribution in [-0.2, 0) is 9.59 Å². The van der Waals surface area contributed by atoms with Crippen LogP contribution in [0.25, 0.3) is 0 Å². The van der Waals surface area contributed by atoms with Crippen molar-refractivity contribution >= 4 is 23.4 Å². The molecule has 152 valence electrons. The molecule has 29 heavy (non-hydrogen) atoms. The van der Waals surface area contributed by atoms with Crippen molar-refractivity contribution in [3.63, 3.8) is 0 Å². The smallest absolute Gasteiger partial charge is 0.248 e. The molecule has 0 saturated carbocycles. The lowest BCUT2D eigenvalue weighted by Gasteiger charge is -2.35. The minimum Gasteiger partial charge on any atom is -0.366 e. The Balaban J connectivity index is 1.40. The number of primary amides is 1. The summed E-state index contributed by atoms with van der Waals surface area (Å²) in [7, 11) is 0. The van der Waals surface area contributed by atoms with Crippen LogP contribution in [0.3, 0.4) is 0 Å². The maximum absolute atomic E-state index is 12.9. The molecule has 3 heterocycles. The maximum atomic E-state index is 12.9. The monoisotopic (exact) mass is 396 g/mol. The van der Waals surface area contributed by atoms with E-state index in [1.54, 1.807) is 34.1 Å². The number of nitrogens with two attached hydrogens (primary N) is 2. The molecule has 3 saturated heterocycles. The van der Waals surface area contributed by atoms with E-state index in [4.69, 9.17) is 11.5 Å². The van der Waals surface area contributed by atoms with Crippen LogP contribution < -0.4 is 16.4 Å². The number of fused-ring (bicyclic) bond motifs is 2. The van der Waals surface area contributed by atoms with Crippen molar-refractivity contribution in [2.24, 2.45) is 11.5 Å². The van der Waals surface area contributed by atoms with Gasteiger partial charge in [-0.15, -0.1) is 0 Å². The van der Waals surface area contributed by atoms with Gasteiger partial charge in [-0.2, -0.15) is 5.26 Å². The summed E-state index contributed by atoms with van der Waals surface area (Å²) in [5.74, 6) is -0.751. The van der Waals surface area contributed by atoms with Crippen LogP contribution in [0.15, 0.2) is 24.3 Å². The lowest BCUT2D eigenvalue weighted by Crippen LogP contribution is -2.56. The summed E-state index contributed by atoms with van der Waals surface area (Å²) >= 11 is 0. The van der Waals surface area contributed by atoms with Crippen LogP contribution >= 0.6 is 0 Å². The second kappa shape index (κ2) is 7.46. The Bertz CT molecular complexity index is 879. The van der Waals surface area contributed by atoms with Gasteiger partial charge in [0.2, 0.25) is 17.7 Å². The first-order valence-electron chi connectivity index (χ1n) is 9.83. The van der Waals surface area contributed by atoms with Gasteiger partial charge in [0.05, 0.1) is 24.2 Å². The van der Waals surface area contributed by atoms with E-state index in [1.807, 2.05) is 4.90 Å². The molecule has 3 amide bonds. The Morgan fingerprint density at radius 1 is 1.28 bits per heavy atom. The van der Waals surface area contributed by atoms with Crippen LogP contribution in [0.1, 0.15) is 29.6 Å². The van der Waals surface area contributed by atoms with Crippen molar-refractivity contribution in [3.8, 4) is 6.07 Å². The van der Waals surface area contributed by atoms with E-state index in [2.05, 4.69) is 6.07 Å². The summed E-state index contributed by atoms with van der Waals surface area (Å²) in [5.41, 5.74) is 12.6. The SMILES string of the molecule is N#CC1CCCN1C(=O)C(N)CN1CC2C[C@H]1C(=O)N2c1ccc(C(N)=O)cc1. The molecule has 9 nitrogen and oxygen atoms in total. The van der Waals surface area contributed by atoms with Crippen molar-refractivity contribution < 1.29 is 14.4 Å². The average molecular weight is 396 g/mol. The van der Waals surface area contributed by atoms with E-state index >= 15 is 0 Å². The van der Waals surface area contributed by atoms with E-state index in [9.17, 15) is 19.6 Å². The van der Waals surface area contributed by atoms with Crippen molar-refractivity contribution in [3.05, 3.63) is 29.8 Å². The van der Waals surface area contributed by atoms with Gasteiger partial charge in [-0.3, -0.25) is 19.3 Å². The van der Waals surface area contributed by atoms with Gasteiger partial charge in [0.1, 0.15) is 6.04 Å². The first-order chi connectivity index (χ1) is 13.9. The molecule has 3 aliphatic heterocycles. The van der Waals surface area contributed by atoms with Crippen LogP contribution in [0, 0.1) is 11.3 Å². The molecule has 0 aliphatic carbocycles. The number of hydrogen-bond donors (Lipinski definition) is 2. The zero-order valence-corrected chi connectivity index (χ0v) is 16.0. The molecule has 3 aliphatic rings. The second-order valence-corrected chi connectivity index (χ2v) is 7.90. The van der Waals surface area contributed by atoms with Crippen molar-refractivity contribution in [1.29, 1.82) is 5.26 Å². The lowest BCUT2D eigenvalue weighted by atomic mass is 10.1. The Morgan fingerprint density at radius 3 is 2.62 bits per heavy atom. The number of amides is 3. The first-order valence-corrected chi connectivity index (χ1v) is 9.83. The fourth-order valence-electron chi connectivity index (χ4n) is 4.70. The highest BCUT2D eigenvalue weighted by Crippen LogP contribution is 2.35. The number of hydrogen-bond acceptors (Lipinski definition) is 6. The number of likely N-dealkylation sites (tertiary alicyclic amines) is 2. The normalized spacial score (nSPS) is 27.3. The quantitative estimate of drug-likeness (QED) is 0.683. The zero-order valence-electron chi connectivity index (χ0n) is 16.0. The summed E-state index contributed by atoms with van der Waals surface area (Å²) in [6.07, 6.45) is 2.18. The number of carbonyl (C=O) groups is 3. The Morgan fingerprint density at radius 2 is 2.00 bits per heavy atom. The number of carbonyl (C=O) groups excluding carboxylic acids is 3. The zero-order chi connectivity index (χ0) is 20.7. The fourth-order valence-corrected chi connectivity index (χ4v) is 4.70. The van der Waals surface area contributed by atoms with Gasteiger partial charge in [0.25, 0.3) is 0 Å². The van der Waals surface area contributed by atoms with E-state index in [0.29, 0.717) is 38.0 Å². The molecule has 9 heteroatoms. The minimum absolute atomic E-state index is 0.00729. The largest absolute Gasteiger partial charge is 0.366 e. The predicted octanol–water partition coefficient (Wildman–Crippen LogP) is -0.583. The van der Waals surface area contributed by atoms with Crippen LogP contribution in [0.2, 0.25) is 0 Å². The molecule has 0 spiro atoms. The van der Waals surface area contributed by atoms with Gasteiger partial charge < -0.3 is 21.3 Å². The van der Waals surface area contributed by atoms with Crippen molar-refractivity contribution in [2.75, 3.05) is 24.5 Å². The molecule has 4 N–H and O–H groups in total. The molecular formula is C20H24N6O3. The Hall–Kier alpha value is -2.96. The number of rotatable bonds is 5. The first kappa shape index (κ1) is 19.4. The summed E-state index contributed by atoms with van der Waals surface area (Å²) in [6.45, 7) is 1.50. The van der Waals surface area contributed by atoms with Crippen molar-refractivity contribution in [1.82, 2.24) is 9.80 Å². The third-order valence-electron chi connectivity index (χ3n) is 6.13. The lowest BCUT2D eigenvalue weighted by molar-refractivity contribution is -0.134. The van der Waals surface area contributed by atoms with Gasteiger partial charge in [-0.05, 0) is 43.5 Å². The topological polar surface area (TPSA) is 137 Å². The van der Waals surface area contributed by atoms with E-state index in [0.717, 1.165) is 12.1 Å². The molecular weight excluding hydrogens is 372 g/mol. The van der Waals surface area contributed by atoms with Crippen LogP contribution in [-0.4, -0.2) is 71.3 Å². The second-order valence-electron chi connectivity index (χ2n) is 7.90. The third-order valence-corrected chi connectivity index (χ3v) is 6.13. The highest BCUT2D eigenvalue weighted by atomic mass is 16.2. The maximum Gasteiger partial charge on any atom is 0.248 e. The predicted molar refractivity (Wildman–Crippen MR) is 105 cm³/mol. The number of nitrogens with zero attached hydrogens (tertiary/aromatic N) is 4. The van der Waals surface area contributed by atoms with E-state index in [1.165, 1.54) is 0 Å². The van der Waals surface area contributed by atoms with E-state index in [-0.39, 0.29) is 23.9 Å². The summed E-state index contributed by atoms with van der Waals surface area (Å²) in [5, 5.41) is 9.19. The number of nitriles is 1. The highest BCUT2D eigenvalue weighted by molar-refractivity contribution is 6.02. The average Bonchev–Trinajstić information content (AvgIpc) is 3.41. The third kappa shape index (κ3) is 3.34. The molecule has 3 fully saturated rings. The summed E-state index contributed by atoms with van der Waals surface area (Å²) in [6, 6.07) is 7.40. The van der Waals surface area contributed by atoms with Crippen LogP contribution in [0.5, 0.6) is 0 Å². The number of benzene rings is 1. The molecule has 2 bridgehead atoms. The highest BCUT2D eigenvalue weighted by Gasteiger charge is 2.50. The summed E-state index contributed by atoms with van der Waals surface area (Å²) < 4.78 is 0. The fraction of sp³-hybridized carbons (Fsp3) is 0.500. The Labute approximate surface area is 168 Å². The molecule has 1 aromatic rings. The molecule has 4 rings (SSSR count). The van der Waals surface area contributed by atoms with Gasteiger partial charge in [0, 0.05) is 30.9 Å². The van der Waals surface area contributed by atoms with Crippen molar-refractivity contribution in [2.45, 2.75) is 43.4 Å². The Kier molecular flexibility index (Phi) is 4.98. The van der Waals surface area contributed by atoms with Gasteiger partial charge in [-0.1, -0.05) is 0 Å². The van der Waals surface area contributed by atoms with Gasteiger partial charge in [0.15, 0.2) is 0 Å². The molecule has 0 radical (unpaired) electrons. The number of piperazine rings is 1. The molecule has 4 atom stereocenters. The molecule has 0 aromatic heterocycles. The standard InChI is InChI=1S/C20H24N6O3/c21-9-14-2-1-7-25(14)19(28)16(22)11-24-10-15-8-17(24)20(29)26(15)13-5-3-12(4-6-13)18(23)27/h3-6,14-17H,1-2,7-8,10-11,22H2,(H2,23,27)/t14?,15?,16?,17-/m0/s1. The van der Waals surface area contributed by atoms with Crippen LogP contribution in [0.4, 0.5) is 5.69 Å².